The maximum absolute atomic E-state index is 13.4. The number of aromatic amines is 1. The summed E-state index contributed by atoms with van der Waals surface area (Å²) in [4.78, 5) is 44.4. The second-order valence-corrected chi connectivity index (χ2v) is 7.28. The fourth-order valence-corrected chi connectivity index (χ4v) is 3.30. The zero-order chi connectivity index (χ0) is 23.5. The van der Waals surface area contributed by atoms with Gasteiger partial charge in [-0.25, -0.2) is 9.18 Å². The lowest BCUT2D eigenvalue weighted by atomic mass is 9.97. The number of rotatable bonds is 5. The molecule has 10 heteroatoms. The molecule has 4 rings (SSSR count). The Balaban J connectivity index is 1.62. The van der Waals surface area contributed by atoms with E-state index in [0.29, 0.717) is 16.6 Å². The van der Waals surface area contributed by atoms with E-state index < -0.39 is 23.6 Å². The summed E-state index contributed by atoms with van der Waals surface area (Å²) in [5, 5.41) is 4.79. The molecule has 3 N–H and O–H groups in total. The van der Waals surface area contributed by atoms with Crippen LogP contribution in [0, 0.1) is 5.82 Å². The maximum atomic E-state index is 13.4. The van der Waals surface area contributed by atoms with E-state index in [0.717, 1.165) is 6.07 Å². The highest BCUT2D eigenvalue weighted by molar-refractivity contribution is 6.31. The van der Waals surface area contributed by atoms with Crippen LogP contribution in [0.1, 0.15) is 26.3 Å². The highest BCUT2D eigenvalue weighted by atomic mass is 35.5. The summed E-state index contributed by atoms with van der Waals surface area (Å²) in [5.41, 5.74) is 1.85. The van der Waals surface area contributed by atoms with Crippen molar-refractivity contribution in [2.75, 3.05) is 12.4 Å². The number of benzene rings is 3. The van der Waals surface area contributed by atoms with Gasteiger partial charge >= 0.3 is 12.1 Å². The van der Waals surface area contributed by atoms with Crippen molar-refractivity contribution >= 4 is 46.1 Å². The fraction of sp³-hybridized carbons (Fsp3) is 0.0435. The van der Waals surface area contributed by atoms with E-state index in [1.165, 1.54) is 31.3 Å². The van der Waals surface area contributed by atoms with Crippen LogP contribution in [-0.4, -0.2) is 34.8 Å². The molecule has 1 heterocycles. The van der Waals surface area contributed by atoms with Gasteiger partial charge in [-0.15, -0.1) is 0 Å². The minimum Gasteiger partial charge on any atom is -0.375 e. The van der Waals surface area contributed by atoms with Crippen molar-refractivity contribution in [1.82, 2.24) is 15.3 Å². The van der Waals surface area contributed by atoms with Crippen molar-refractivity contribution < 1.29 is 23.5 Å². The first-order chi connectivity index (χ1) is 15.9. The highest BCUT2D eigenvalue weighted by Crippen LogP contribution is 2.23. The molecule has 166 valence electrons. The quantitative estimate of drug-likeness (QED) is 0.373. The Bertz CT molecular complexity index is 1400. The molecule has 0 radical (unpaired) electrons. The molecule has 0 spiro atoms. The van der Waals surface area contributed by atoms with Crippen LogP contribution in [0.25, 0.3) is 11.0 Å². The molecule has 0 aliphatic carbocycles. The Hall–Kier alpha value is -4.24. The average Bonchev–Trinajstić information content (AvgIpc) is 3.22. The number of ether oxygens (including phenoxy) is 1. The van der Waals surface area contributed by atoms with Crippen LogP contribution in [0.4, 0.5) is 14.9 Å². The molecule has 8 nitrogen and oxygen atoms in total. The summed E-state index contributed by atoms with van der Waals surface area (Å²) in [6.45, 7) is 0. The zero-order valence-electron chi connectivity index (χ0n) is 17.1. The van der Waals surface area contributed by atoms with Crippen LogP contribution in [0.5, 0.6) is 6.01 Å². The van der Waals surface area contributed by atoms with Crippen molar-refractivity contribution in [2.24, 2.45) is 0 Å². The van der Waals surface area contributed by atoms with E-state index in [-0.39, 0.29) is 27.8 Å². The minimum atomic E-state index is -0.687. The van der Waals surface area contributed by atoms with Gasteiger partial charge in [-0.05, 0) is 42.5 Å². The Morgan fingerprint density at radius 1 is 1.03 bits per heavy atom. The molecule has 2 amide bonds. The Labute approximate surface area is 191 Å². The molecule has 3 aromatic carbocycles. The van der Waals surface area contributed by atoms with Crippen LogP contribution in [0.15, 0.2) is 60.7 Å². The standard InChI is InChI=1S/C23H16ClFN4O4/c1-26-23(32)33-22-28-18-9-6-12(10-19(18)29-22)20(30)14-4-2-3-5-15(14)21(31)27-13-7-8-17(25)16(24)11-13/h2-11H,1H3,(H,26,32)(H,27,31)(H,28,29). The summed E-state index contributed by atoms with van der Waals surface area (Å²) < 4.78 is 18.4. The van der Waals surface area contributed by atoms with Crippen molar-refractivity contribution in [3.63, 3.8) is 0 Å². The van der Waals surface area contributed by atoms with E-state index in [1.807, 2.05) is 0 Å². The van der Waals surface area contributed by atoms with Crippen LogP contribution in [0.3, 0.4) is 0 Å². The molecule has 0 bridgehead atoms. The van der Waals surface area contributed by atoms with E-state index in [4.69, 9.17) is 16.3 Å². The maximum Gasteiger partial charge on any atom is 0.414 e. The minimum absolute atomic E-state index is 0.0216. The molecular weight excluding hydrogens is 451 g/mol. The van der Waals surface area contributed by atoms with Gasteiger partial charge in [0.05, 0.1) is 21.6 Å². The molecule has 0 atom stereocenters. The third-order valence-corrected chi connectivity index (χ3v) is 5.00. The monoisotopic (exact) mass is 466 g/mol. The van der Waals surface area contributed by atoms with E-state index in [1.54, 1.807) is 30.3 Å². The lowest BCUT2D eigenvalue weighted by Crippen LogP contribution is -2.22. The number of halogens is 2. The van der Waals surface area contributed by atoms with E-state index >= 15 is 0 Å². The number of carbonyl (C=O) groups is 3. The molecule has 1 aromatic heterocycles. The van der Waals surface area contributed by atoms with Gasteiger partial charge in [0.25, 0.3) is 5.91 Å². The average molecular weight is 467 g/mol. The first-order valence-electron chi connectivity index (χ1n) is 9.65. The number of aromatic nitrogens is 2. The molecule has 0 saturated carbocycles. The van der Waals surface area contributed by atoms with Gasteiger partial charge in [0.2, 0.25) is 0 Å². The number of nitrogens with one attached hydrogen (secondary N) is 3. The molecule has 0 fully saturated rings. The van der Waals surface area contributed by atoms with Crippen LogP contribution < -0.4 is 15.4 Å². The Morgan fingerprint density at radius 3 is 2.52 bits per heavy atom. The summed E-state index contributed by atoms with van der Waals surface area (Å²) in [6.07, 6.45) is -0.687. The summed E-state index contributed by atoms with van der Waals surface area (Å²) in [6, 6.07) is 14.8. The summed E-state index contributed by atoms with van der Waals surface area (Å²) in [5.74, 6) is -1.56. The van der Waals surface area contributed by atoms with Gasteiger partial charge in [-0.2, -0.15) is 4.98 Å². The predicted octanol–water partition coefficient (Wildman–Crippen LogP) is 4.56. The molecule has 0 aliphatic rings. The number of imidazole rings is 1. The Morgan fingerprint density at radius 2 is 1.79 bits per heavy atom. The summed E-state index contributed by atoms with van der Waals surface area (Å²) >= 11 is 5.77. The number of nitrogens with zero attached hydrogens (tertiary/aromatic N) is 1. The fourth-order valence-electron chi connectivity index (χ4n) is 3.12. The van der Waals surface area contributed by atoms with Gasteiger partial charge < -0.3 is 20.4 Å². The predicted molar refractivity (Wildman–Crippen MR) is 120 cm³/mol. The molecular formula is C23H16ClFN4O4. The molecule has 0 aliphatic heterocycles. The molecule has 33 heavy (non-hydrogen) atoms. The lowest BCUT2D eigenvalue weighted by molar-refractivity contribution is 0.0996. The van der Waals surface area contributed by atoms with Crippen molar-refractivity contribution in [2.45, 2.75) is 0 Å². The van der Waals surface area contributed by atoms with Gasteiger partial charge in [-0.3, -0.25) is 9.59 Å². The van der Waals surface area contributed by atoms with Gasteiger partial charge in [-0.1, -0.05) is 29.8 Å². The third-order valence-electron chi connectivity index (χ3n) is 4.71. The first-order valence-corrected chi connectivity index (χ1v) is 10.0. The van der Waals surface area contributed by atoms with Crippen LogP contribution in [-0.2, 0) is 0 Å². The van der Waals surface area contributed by atoms with Crippen LogP contribution >= 0.6 is 11.6 Å². The third kappa shape index (κ3) is 4.68. The number of amides is 2. The number of fused-ring (bicyclic) bond motifs is 1. The highest BCUT2D eigenvalue weighted by Gasteiger charge is 2.19. The molecule has 0 unspecified atom stereocenters. The normalized spacial score (nSPS) is 10.6. The van der Waals surface area contributed by atoms with Gasteiger partial charge in [0.15, 0.2) is 5.78 Å². The number of ketones is 1. The zero-order valence-corrected chi connectivity index (χ0v) is 17.9. The van der Waals surface area contributed by atoms with Crippen molar-refractivity contribution in [3.8, 4) is 6.01 Å². The van der Waals surface area contributed by atoms with Crippen LogP contribution in [0.2, 0.25) is 5.02 Å². The van der Waals surface area contributed by atoms with Gasteiger partial charge in [0, 0.05) is 23.9 Å². The summed E-state index contributed by atoms with van der Waals surface area (Å²) in [7, 11) is 1.42. The van der Waals surface area contributed by atoms with Gasteiger partial charge in [0.1, 0.15) is 5.82 Å². The number of hydrogen-bond acceptors (Lipinski definition) is 5. The van der Waals surface area contributed by atoms with Crippen molar-refractivity contribution in [1.29, 1.82) is 0 Å². The number of hydrogen-bond donors (Lipinski definition) is 3. The van der Waals surface area contributed by atoms with E-state index in [9.17, 15) is 18.8 Å². The number of H-pyrrole nitrogens is 1. The number of carbonyl (C=O) groups excluding carboxylic acids is 3. The smallest absolute Gasteiger partial charge is 0.375 e. The lowest BCUT2D eigenvalue weighted by Gasteiger charge is -2.10. The van der Waals surface area contributed by atoms with Crippen molar-refractivity contribution in [3.05, 3.63) is 88.2 Å². The largest absolute Gasteiger partial charge is 0.414 e. The second kappa shape index (κ2) is 9.09. The topological polar surface area (TPSA) is 113 Å². The molecule has 4 aromatic rings. The second-order valence-electron chi connectivity index (χ2n) is 6.87. The first kappa shape index (κ1) is 22.0. The van der Waals surface area contributed by atoms with E-state index in [2.05, 4.69) is 20.6 Å². The number of anilines is 1. The SMILES string of the molecule is CNC(=O)Oc1nc2ccc(C(=O)c3ccccc3C(=O)Nc3ccc(F)c(Cl)c3)cc2[nH]1. The molecule has 0 saturated heterocycles. The Kier molecular flexibility index (Phi) is 6.05.